The lowest BCUT2D eigenvalue weighted by atomic mass is 9.68. The van der Waals surface area contributed by atoms with Crippen molar-refractivity contribution in [2.24, 2.45) is 5.41 Å². The third-order valence-corrected chi connectivity index (χ3v) is 5.67. The largest absolute Gasteiger partial charge is 0.462 e. The molecule has 0 spiro atoms. The molecule has 0 saturated carbocycles. The summed E-state index contributed by atoms with van der Waals surface area (Å²) in [5, 5.41) is 3.33. The van der Waals surface area contributed by atoms with Gasteiger partial charge in [0.1, 0.15) is 5.75 Å². The van der Waals surface area contributed by atoms with Gasteiger partial charge in [-0.15, -0.1) is 0 Å². The predicted octanol–water partition coefficient (Wildman–Crippen LogP) is 4.56. The Kier molecular flexibility index (Phi) is 6.68. The van der Waals surface area contributed by atoms with E-state index in [0.29, 0.717) is 35.6 Å². The van der Waals surface area contributed by atoms with Gasteiger partial charge in [-0.05, 0) is 42.9 Å². The minimum absolute atomic E-state index is 0.0409. The summed E-state index contributed by atoms with van der Waals surface area (Å²) in [6, 6.07) is 6.98. The van der Waals surface area contributed by atoms with Crippen LogP contribution >= 0.6 is 0 Å². The first-order valence-corrected chi connectivity index (χ1v) is 10.8. The van der Waals surface area contributed by atoms with Gasteiger partial charge < -0.3 is 14.8 Å². The average Bonchev–Trinajstić information content (AvgIpc) is 2.66. The standard InChI is InChI=1S/C25H31NO5/c1-6-7-12-30-24(29)21-15(2)26-19-13-25(4,5)14-20(28)23(19)22(21)17-8-10-18(11-9-17)31-16(3)27/h8-11,22,26H,6-7,12-14H2,1-5H3/t22-/m1/s1. The molecule has 0 unspecified atom stereocenters. The van der Waals surface area contributed by atoms with Crippen LogP contribution in [-0.4, -0.2) is 24.3 Å². The summed E-state index contributed by atoms with van der Waals surface area (Å²) >= 11 is 0. The van der Waals surface area contributed by atoms with E-state index in [9.17, 15) is 14.4 Å². The lowest BCUT2D eigenvalue weighted by Crippen LogP contribution is -2.38. The van der Waals surface area contributed by atoms with Gasteiger partial charge >= 0.3 is 11.9 Å². The maximum absolute atomic E-state index is 13.2. The number of hydrogen-bond acceptors (Lipinski definition) is 6. The number of allylic oxidation sites excluding steroid dienone is 3. The zero-order valence-electron chi connectivity index (χ0n) is 19.0. The van der Waals surface area contributed by atoms with Crippen LogP contribution in [0.15, 0.2) is 46.8 Å². The molecule has 0 radical (unpaired) electrons. The first kappa shape index (κ1) is 22.8. The molecule has 0 fully saturated rings. The number of carbonyl (C=O) groups excluding carboxylic acids is 3. The highest BCUT2D eigenvalue weighted by molar-refractivity contribution is 6.04. The van der Waals surface area contributed by atoms with E-state index in [1.54, 1.807) is 24.3 Å². The number of benzene rings is 1. The van der Waals surface area contributed by atoms with E-state index in [1.165, 1.54) is 6.92 Å². The topological polar surface area (TPSA) is 81.7 Å². The van der Waals surface area contributed by atoms with Crippen LogP contribution in [-0.2, 0) is 19.1 Å². The van der Waals surface area contributed by atoms with Crippen LogP contribution in [0.1, 0.15) is 71.8 Å². The maximum Gasteiger partial charge on any atom is 0.336 e. The van der Waals surface area contributed by atoms with Crippen LogP contribution in [0.3, 0.4) is 0 Å². The molecule has 1 heterocycles. The molecule has 6 heteroatoms. The van der Waals surface area contributed by atoms with E-state index >= 15 is 0 Å². The van der Waals surface area contributed by atoms with Gasteiger partial charge in [-0.2, -0.15) is 0 Å². The van der Waals surface area contributed by atoms with Crippen molar-refractivity contribution in [1.29, 1.82) is 0 Å². The smallest absolute Gasteiger partial charge is 0.336 e. The molecule has 1 atom stereocenters. The van der Waals surface area contributed by atoms with Gasteiger partial charge in [-0.1, -0.05) is 39.3 Å². The van der Waals surface area contributed by atoms with Gasteiger partial charge in [0.25, 0.3) is 0 Å². The normalized spacial score (nSPS) is 20.2. The molecule has 3 rings (SSSR count). The van der Waals surface area contributed by atoms with Crippen molar-refractivity contribution in [3.8, 4) is 5.75 Å². The Balaban J connectivity index is 2.05. The molecule has 0 saturated heterocycles. The highest BCUT2D eigenvalue weighted by atomic mass is 16.5. The Morgan fingerprint density at radius 1 is 1.16 bits per heavy atom. The van der Waals surface area contributed by atoms with Crippen LogP contribution in [0.2, 0.25) is 0 Å². The number of hydrogen-bond donors (Lipinski definition) is 1. The van der Waals surface area contributed by atoms with Crippen molar-refractivity contribution >= 4 is 17.7 Å². The fourth-order valence-corrected chi connectivity index (χ4v) is 4.32. The highest BCUT2D eigenvalue weighted by Crippen LogP contribution is 2.46. The van der Waals surface area contributed by atoms with E-state index in [2.05, 4.69) is 19.2 Å². The van der Waals surface area contributed by atoms with Crippen molar-refractivity contribution in [2.45, 2.75) is 66.2 Å². The number of carbonyl (C=O) groups is 3. The molecule has 166 valence electrons. The third-order valence-electron chi connectivity index (χ3n) is 5.67. The maximum atomic E-state index is 13.2. The van der Waals surface area contributed by atoms with Gasteiger partial charge in [0, 0.05) is 36.2 Å². The first-order valence-electron chi connectivity index (χ1n) is 10.8. The van der Waals surface area contributed by atoms with Crippen LogP contribution in [0, 0.1) is 5.41 Å². The van der Waals surface area contributed by atoms with Crippen molar-refractivity contribution in [3.63, 3.8) is 0 Å². The molecule has 31 heavy (non-hydrogen) atoms. The van der Waals surface area contributed by atoms with Crippen LogP contribution in [0.5, 0.6) is 5.75 Å². The van der Waals surface area contributed by atoms with E-state index < -0.39 is 17.9 Å². The van der Waals surface area contributed by atoms with Crippen LogP contribution in [0.25, 0.3) is 0 Å². The second-order valence-electron chi connectivity index (χ2n) is 9.08. The summed E-state index contributed by atoms with van der Waals surface area (Å²) in [4.78, 5) is 37.5. The molecular weight excluding hydrogens is 394 g/mol. The SMILES string of the molecule is CCCCOC(=O)C1=C(C)NC2=C(C(=O)CC(C)(C)C2)[C@@H]1c1ccc(OC(C)=O)cc1. The Hall–Kier alpha value is -2.89. The van der Waals surface area contributed by atoms with Gasteiger partial charge in [0.2, 0.25) is 0 Å². The summed E-state index contributed by atoms with van der Waals surface area (Å²) in [5.74, 6) is -0.861. The summed E-state index contributed by atoms with van der Waals surface area (Å²) < 4.78 is 10.7. The van der Waals surface area contributed by atoms with Gasteiger partial charge in [-0.3, -0.25) is 9.59 Å². The Bertz CT molecular complexity index is 953. The molecule has 6 nitrogen and oxygen atoms in total. The number of ketones is 1. The van der Waals surface area contributed by atoms with Crippen molar-refractivity contribution in [3.05, 3.63) is 52.4 Å². The summed E-state index contributed by atoms with van der Waals surface area (Å²) in [6.07, 6.45) is 2.86. The molecule has 1 aliphatic carbocycles. The number of nitrogens with one attached hydrogen (secondary N) is 1. The van der Waals surface area contributed by atoms with Crippen molar-refractivity contribution in [2.75, 3.05) is 6.61 Å². The Morgan fingerprint density at radius 3 is 2.45 bits per heavy atom. The quantitative estimate of drug-likeness (QED) is 0.409. The molecular formula is C25H31NO5. The predicted molar refractivity (Wildman–Crippen MR) is 117 cm³/mol. The number of unbranched alkanes of at least 4 members (excludes halogenated alkanes) is 1. The number of rotatable bonds is 6. The number of dihydropyridines is 1. The molecule has 1 N–H and O–H groups in total. The lowest BCUT2D eigenvalue weighted by Gasteiger charge is -2.39. The fraction of sp³-hybridized carbons (Fsp3) is 0.480. The monoisotopic (exact) mass is 425 g/mol. The number of Topliss-reactive ketones (excluding diaryl/α,β-unsaturated/α-hetero) is 1. The van der Waals surface area contributed by atoms with Crippen molar-refractivity contribution < 1.29 is 23.9 Å². The molecule has 1 aromatic rings. The lowest BCUT2D eigenvalue weighted by molar-refractivity contribution is -0.139. The number of ether oxygens (including phenoxy) is 2. The van der Waals surface area contributed by atoms with Crippen molar-refractivity contribution in [1.82, 2.24) is 5.32 Å². The Labute approximate surface area is 183 Å². The van der Waals surface area contributed by atoms with Gasteiger partial charge in [0.15, 0.2) is 5.78 Å². The molecule has 0 amide bonds. The minimum Gasteiger partial charge on any atom is -0.462 e. The summed E-state index contributed by atoms with van der Waals surface area (Å²) in [5.41, 5.74) is 3.32. The summed E-state index contributed by atoms with van der Waals surface area (Å²) in [7, 11) is 0. The van der Waals surface area contributed by atoms with E-state index in [-0.39, 0.29) is 11.2 Å². The summed E-state index contributed by atoms with van der Waals surface area (Å²) in [6.45, 7) is 9.73. The third kappa shape index (κ3) is 5.06. The molecule has 1 aliphatic heterocycles. The highest BCUT2D eigenvalue weighted by Gasteiger charge is 2.43. The number of esters is 2. The van der Waals surface area contributed by atoms with Crippen LogP contribution in [0.4, 0.5) is 0 Å². The fourth-order valence-electron chi connectivity index (χ4n) is 4.32. The first-order chi connectivity index (χ1) is 14.6. The average molecular weight is 426 g/mol. The molecule has 1 aromatic carbocycles. The van der Waals surface area contributed by atoms with E-state index in [0.717, 1.165) is 30.5 Å². The Morgan fingerprint density at radius 2 is 1.84 bits per heavy atom. The van der Waals surface area contributed by atoms with E-state index in [4.69, 9.17) is 9.47 Å². The second-order valence-corrected chi connectivity index (χ2v) is 9.08. The minimum atomic E-state index is -0.514. The molecule has 0 aromatic heterocycles. The second kappa shape index (κ2) is 9.08. The molecule has 2 aliphatic rings. The van der Waals surface area contributed by atoms with Gasteiger partial charge in [0.05, 0.1) is 12.2 Å². The van der Waals surface area contributed by atoms with Gasteiger partial charge in [-0.25, -0.2) is 4.79 Å². The molecule has 0 bridgehead atoms. The van der Waals surface area contributed by atoms with Crippen LogP contribution < -0.4 is 10.1 Å². The zero-order chi connectivity index (χ0) is 22.8. The zero-order valence-corrected chi connectivity index (χ0v) is 19.0. The van der Waals surface area contributed by atoms with E-state index in [1.807, 2.05) is 13.8 Å².